The monoisotopic (exact) mass is 504 g/mol. The fraction of sp³-hybridized carbons (Fsp3) is 0.0286. The Morgan fingerprint density at radius 1 is 0.447 bits per heavy atom. The third kappa shape index (κ3) is 3.06. The third-order valence-corrected chi connectivity index (χ3v) is 8.86. The van der Waals surface area contributed by atoms with E-state index in [1.165, 1.54) is 69.3 Å². The van der Waals surface area contributed by atoms with Crippen LogP contribution < -0.4 is 8.80 Å². The molecule has 8 rings (SSSR count). The molecule has 0 atom stereocenters. The Bertz CT molecular complexity index is 2310. The van der Waals surface area contributed by atoms with Crippen LogP contribution in [-0.4, -0.2) is 0 Å². The molecule has 0 saturated carbocycles. The second-order valence-electron chi connectivity index (χ2n) is 9.89. The van der Waals surface area contributed by atoms with Gasteiger partial charge in [-0.1, -0.05) is 54.6 Å². The fourth-order valence-electron chi connectivity index (χ4n) is 6.04. The van der Waals surface area contributed by atoms with E-state index in [4.69, 9.17) is 0 Å². The van der Waals surface area contributed by atoms with Crippen LogP contribution in [0.1, 0.15) is 5.56 Å². The van der Waals surface area contributed by atoms with Gasteiger partial charge < -0.3 is 0 Å². The van der Waals surface area contributed by atoms with Gasteiger partial charge in [0.15, 0.2) is 12.4 Å². The number of fused-ring (bicyclic) bond motifs is 13. The summed E-state index contributed by atoms with van der Waals surface area (Å²) in [5.74, 6) is 0. The van der Waals surface area contributed by atoms with Crippen LogP contribution in [0.15, 0.2) is 128 Å². The first-order valence-electron chi connectivity index (χ1n) is 12.9. The molecule has 38 heavy (non-hydrogen) atoms. The summed E-state index contributed by atoms with van der Waals surface area (Å²) in [4.78, 5) is 0. The summed E-state index contributed by atoms with van der Waals surface area (Å²) in [7, 11) is 0. The lowest BCUT2D eigenvalue weighted by molar-refractivity contribution is -0.488. The van der Waals surface area contributed by atoms with Gasteiger partial charge in [0, 0.05) is 50.7 Å². The predicted octanol–water partition coefficient (Wildman–Crippen LogP) is 8.42. The summed E-state index contributed by atoms with van der Waals surface area (Å²) in [6.45, 7) is 2.22. The predicted molar refractivity (Wildman–Crippen MR) is 161 cm³/mol. The molecule has 4 heterocycles. The SMILES string of the molecule is Cc1ccc[n+]2c3ccccc3c3cccc[n+]3c3cc4sc5ccccc5c5ccccc5c4cc3c12. The minimum atomic E-state index is 1.18. The van der Waals surface area contributed by atoms with Gasteiger partial charge in [0.05, 0.1) is 0 Å². The van der Waals surface area contributed by atoms with Gasteiger partial charge in [-0.25, -0.2) is 0 Å². The van der Waals surface area contributed by atoms with Crippen LogP contribution in [0.2, 0.25) is 0 Å². The Balaban J connectivity index is 1.78. The normalized spacial score (nSPS) is 11.8. The highest BCUT2D eigenvalue weighted by Crippen LogP contribution is 2.36. The molecule has 178 valence electrons. The molecule has 0 radical (unpaired) electrons. The van der Waals surface area contributed by atoms with Crippen molar-refractivity contribution in [3.8, 4) is 0 Å². The molecule has 0 aliphatic heterocycles. The molecule has 4 aromatic carbocycles. The van der Waals surface area contributed by atoms with Crippen LogP contribution in [0.5, 0.6) is 0 Å². The van der Waals surface area contributed by atoms with Crippen LogP contribution in [0, 0.1) is 6.92 Å². The molecule has 2 nitrogen and oxygen atoms in total. The zero-order valence-electron chi connectivity index (χ0n) is 20.9. The summed E-state index contributed by atoms with van der Waals surface area (Å²) in [5, 5.41) is 7.59. The van der Waals surface area contributed by atoms with Crippen molar-refractivity contribution < 1.29 is 8.80 Å². The Morgan fingerprint density at radius 3 is 1.92 bits per heavy atom. The molecule has 4 aromatic heterocycles. The summed E-state index contributed by atoms with van der Waals surface area (Å²) < 4.78 is 7.31. The summed E-state index contributed by atoms with van der Waals surface area (Å²) in [6, 6.07) is 42.1. The largest absolute Gasteiger partial charge is 0.228 e. The molecule has 0 spiro atoms. The molecule has 0 amide bonds. The van der Waals surface area contributed by atoms with Crippen LogP contribution in [-0.2, 0) is 0 Å². The van der Waals surface area contributed by atoms with E-state index >= 15 is 0 Å². The second-order valence-corrected chi connectivity index (χ2v) is 11.0. The first-order chi connectivity index (χ1) is 18.8. The van der Waals surface area contributed by atoms with E-state index in [2.05, 4.69) is 143 Å². The van der Waals surface area contributed by atoms with Gasteiger partial charge in [0.25, 0.3) is 0 Å². The zero-order chi connectivity index (χ0) is 25.2. The van der Waals surface area contributed by atoms with Crippen LogP contribution in [0.4, 0.5) is 0 Å². The Hall–Kier alpha value is -4.60. The molecule has 0 bridgehead atoms. The van der Waals surface area contributed by atoms with Crippen molar-refractivity contribution in [2.75, 3.05) is 0 Å². The van der Waals surface area contributed by atoms with Gasteiger partial charge in [-0.05, 0) is 53.4 Å². The lowest BCUT2D eigenvalue weighted by Crippen LogP contribution is -2.27. The molecular weight excluding hydrogens is 480 g/mol. The van der Waals surface area contributed by atoms with E-state index < -0.39 is 0 Å². The Kier molecular flexibility index (Phi) is 4.64. The Morgan fingerprint density at radius 2 is 1.08 bits per heavy atom. The fourth-order valence-corrected chi connectivity index (χ4v) is 7.16. The first-order valence-corrected chi connectivity index (χ1v) is 13.8. The van der Waals surface area contributed by atoms with E-state index in [9.17, 15) is 0 Å². The zero-order valence-corrected chi connectivity index (χ0v) is 21.7. The Labute approximate surface area is 223 Å². The molecule has 0 saturated heterocycles. The quantitative estimate of drug-likeness (QED) is 0.183. The number of rotatable bonds is 0. The minimum Gasteiger partial charge on any atom is -0.159 e. The minimum absolute atomic E-state index is 1.18. The summed E-state index contributed by atoms with van der Waals surface area (Å²) >= 11 is 1.87. The summed E-state index contributed by atoms with van der Waals surface area (Å²) in [5.41, 5.74) is 6.05. The molecule has 0 unspecified atom stereocenters. The molecule has 0 fully saturated rings. The number of hydrogen-bond donors (Lipinski definition) is 0. The van der Waals surface area contributed by atoms with Crippen molar-refractivity contribution in [1.29, 1.82) is 0 Å². The van der Waals surface area contributed by atoms with Crippen molar-refractivity contribution in [3.63, 3.8) is 0 Å². The molecule has 3 heteroatoms. The highest BCUT2D eigenvalue weighted by Gasteiger charge is 2.21. The van der Waals surface area contributed by atoms with E-state index in [0.29, 0.717) is 0 Å². The lowest BCUT2D eigenvalue weighted by atomic mass is 10.0. The second kappa shape index (κ2) is 8.20. The number of benzene rings is 4. The maximum absolute atomic E-state index is 2.43. The van der Waals surface area contributed by atoms with Gasteiger partial charge in [0.2, 0.25) is 22.1 Å². The van der Waals surface area contributed by atoms with Crippen molar-refractivity contribution in [2.24, 2.45) is 0 Å². The van der Waals surface area contributed by atoms with E-state index in [-0.39, 0.29) is 0 Å². The molecular formula is C35H24N2S+2. The highest BCUT2D eigenvalue weighted by atomic mass is 32.1. The standard InChI is InChI=1S/C35H24N2S/c1-23-11-10-20-37-31-16-6-4-15-27(31)30-17-8-9-19-36(30)32-22-34-28(21-29(32)35(23)37)25-13-3-2-12-24(25)26-14-5-7-18-33(26)38-34/h2-22H,1H3/q+2. The number of aryl methyl sites for hydroxylation is 1. The highest BCUT2D eigenvalue weighted by molar-refractivity contribution is 7.24. The number of aromatic nitrogens is 2. The van der Waals surface area contributed by atoms with E-state index in [1.54, 1.807) is 0 Å². The van der Waals surface area contributed by atoms with Crippen LogP contribution in [0.25, 0.3) is 63.8 Å². The van der Waals surface area contributed by atoms with Crippen molar-refractivity contribution >= 4 is 75.1 Å². The molecule has 0 N–H and O–H groups in total. The maximum Gasteiger partial charge on any atom is 0.228 e. The third-order valence-electron chi connectivity index (χ3n) is 7.72. The van der Waals surface area contributed by atoms with Crippen molar-refractivity contribution in [2.45, 2.75) is 6.92 Å². The van der Waals surface area contributed by atoms with Gasteiger partial charge in [-0.3, -0.25) is 0 Å². The van der Waals surface area contributed by atoms with Gasteiger partial charge >= 0.3 is 0 Å². The number of hydrogen-bond acceptors (Lipinski definition) is 1. The molecule has 8 aromatic rings. The summed E-state index contributed by atoms with van der Waals surface area (Å²) in [6.07, 6.45) is 4.41. The lowest BCUT2D eigenvalue weighted by Gasteiger charge is -2.04. The van der Waals surface area contributed by atoms with Crippen molar-refractivity contribution in [3.05, 3.63) is 133 Å². The van der Waals surface area contributed by atoms with Crippen LogP contribution >= 0.6 is 11.3 Å². The average Bonchev–Trinajstić information content (AvgIpc) is 3.10. The first kappa shape index (κ1) is 21.5. The van der Waals surface area contributed by atoms with Gasteiger partial charge in [0.1, 0.15) is 10.8 Å². The molecule has 0 aliphatic rings. The molecule has 0 aliphatic carbocycles. The number of para-hydroxylation sites is 1. The van der Waals surface area contributed by atoms with Crippen molar-refractivity contribution in [1.82, 2.24) is 0 Å². The smallest absolute Gasteiger partial charge is 0.159 e. The number of nitrogens with zero attached hydrogens (tertiary/aromatic N) is 2. The number of pyridine rings is 2. The maximum atomic E-state index is 2.43. The van der Waals surface area contributed by atoms with E-state index in [0.717, 1.165) is 0 Å². The van der Waals surface area contributed by atoms with E-state index in [1.807, 2.05) is 11.3 Å². The van der Waals surface area contributed by atoms with Gasteiger partial charge in [-0.15, -0.1) is 11.3 Å². The van der Waals surface area contributed by atoms with Gasteiger partial charge in [-0.2, -0.15) is 8.80 Å². The average molecular weight is 505 g/mol. The van der Waals surface area contributed by atoms with Crippen LogP contribution in [0.3, 0.4) is 0 Å². The topological polar surface area (TPSA) is 8.20 Å².